The Balaban J connectivity index is 1.82. The molecule has 0 saturated heterocycles. The Bertz CT molecular complexity index is 724. The van der Waals surface area contributed by atoms with Gasteiger partial charge in [-0.15, -0.1) is 10.2 Å². The number of hydrogen-bond acceptors (Lipinski definition) is 3. The zero-order chi connectivity index (χ0) is 13.9. The number of nitrogens with zero attached hydrogens (tertiary/aromatic N) is 4. The maximum atomic E-state index is 12.9. The number of rotatable bonds is 3. The van der Waals surface area contributed by atoms with Crippen molar-refractivity contribution in [2.45, 2.75) is 6.54 Å². The molecule has 100 valence electrons. The van der Waals surface area contributed by atoms with Gasteiger partial charge in [0, 0.05) is 10.0 Å². The third-order valence-electron chi connectivity index (χ3n) is 2.77. The summed E-state index contributed by atoms with van der Waals surface area (Å²) in [5.41, 5.74) is 1.81. The second-order valence-electron chi connectivity index (χ2n) is 4.28. The Morgan fingerprint density at radius 1 is 1.10 bits per heavy atom. The zero-order valence-corrected chi connectivity index (χ0v) is 12.0. The smallest absolute Gasteiger partial charge is 0.204 e. The predicted octanol–water partition coefficient (Wildman–Crippen LogP) is 3.29. The van der Waals surface area contributed by atoms with Gasteiger partial charge in [0.25, 0.3) is 0 Å². The fourth-order valence-electron chi connectivity index (χ4n) is 1.82. The molecule has 0 bridgehead atoms. The van der Waals surface area contributed by atoms with Gasteiger partial charge in [-0.1, -0.05) is 28.1 Å². The molecule has 0 unspecified atom stereocenters. The van der Waals surface area contributed by atoms with Crippen LogP contribution in [-0.2, 0) is 6.54 Å². The minimum atomic E-state index is -0.282. The van der Waals surface area contributed by atoms with Gasteiger partial charge in [0.15, 0.2) is 0 Å². The van der Waals surface area contributed by atoms with Crippen molar-refractivity contribution in [3.05, 3.63) is 64.4 Å². The lowest BCUT2D eigenvalue weighted by Crippen LogP contribution is -2.03. The summed E-state index contributed by atoms with van der Waals surface area (Å²) in [5, 5.41) is 12.3. The van der Waals surface area contributed by atoms with E-state index in [1.807, 2.05) is 24.3 Å². The normalized spacial score (nSPS) is 10.7. The second-order valence-corrected chi connectivity index (χ2v) is 5.20. The molecular weight excluding hydrogens is 323 g/mol. The summed E-state index contributed by atoms with van der Waals surface area (Å²) in [6.45, 7) is 0.535. The molecule has 0 spiro atoms. The van der Waals surface area contributed by atoms with Crippen molar-refractivity contribution in [1.82, 2.24) is 20.2 Å². The lowest BCUT2D eigenvalue weighted by atomic mass is 10.2. The molecule has 0 aliphatic carbocycles. The molecule has 1 aromatic heterocycles. The first kappa shape index (κ1) is 12.9. The van der Waals surface area contributed by atoms with Gasteiger partial charge < -0.3 is 0 Å². The van der Waals surface area contributed by atoms with Crippen LogP contribution in [0.25, 0.3) is 11.4 Å². The highest BCUT2D eigenvalue weighted by Crippen LogP contribution is 2.15. The lowest BCUT2D eigenvalue weighted by molar-refractivity contribution is 0.572. The minimum Gasteiger partial charge on any atom is -0.207 e. The molecule has 0 saturated carbocycles. The molecule has 6 heteroatoms. The molecule has 3 aromatic rings. The quantitative estimate of drug-likeness (QED) is 0.739. The average molecular weight is 333 g/mol. The number of halogens is 2. The predicted molar refractivity (Wildman–Crippen MR) is 76.5 cm³/mol. The molecule has 2 aromatic carbocycles. The molecule has 1 heterocycles. The number of benzene rings is 2. The van der Waals surface area contributed by atoms with Crippen LogP contribution in [0.15, 0.2) is 53.0 Å². The molecule has 3 rings (SSSR count). The van der Waals surface area contributed by atoms with E-state index in [1.54, 1.807) is 12.1 Å². The lowest BCUT2D eigenvalue weighted by Gasteiger charge is -1.99. The van der Waals surface area contributed by atoms with E-state index in [0.717, 1.165) is 15.6 Å². The van der Waals surface area contributed by atoms with E-state index >= 15 is 0 Å². The SMILES string of the molecule is Fc1ccc(-c2nnn(Cc3cccc(Br)c3)n2)cc1. The van der Waals surface area contributed by atoms with E-state index < -0.39 is 0 Å². The van der Waals surface area contributed by atoms with Crippen molar-refractivity contribution in [1.29, 1.82) is 0 Å². The molecule has 20 heavy (non-hydrogen) atoms. The second kappa shape index (κ2) is 5.50. The topological polar surface area (TPSA) is 43.6 Å². The van der Waals surface area contributed by atoms with Gasteiger partial charge in [-0.3, -0.25) is 0 Å². The molecule has 0 atom stereocenters. The molecule has 0 amide bonds. The van der Waals surface area contributed by atoms with Crippen LogP contribution in [-0.4, -0.2) is 20.2 Å². The van der Waals surface area contributed by atoms with Crippen molar-refractivity contribution < 1.29 is 4.39 Å². The Morgan fingerprint density at radius 3 is 2.65 bits per heavy atom. The Kier molecular flexibility index (Phi) is 3.56. The molecule has 4 nitrogen and oxygen atoms in total. The first-order valence-corrected chi connectivity index (χ1v) is 6.78. The van der Waals surface area contributed by atoms with Crippen molar-refractivity contribution >= 4 is 15.9 Å². The van der Waals surface area contributed by atoms with E-state index in [1.165, 1.54) is 16.9 Å². The average Bonchev–Trinajstić information content (AvgIpc) is 2.88. The molecule has 0 aliphatic rings. The van der Waals surface area contributed by atoms with E-state index in [0.29, 0.717) is 12.4 Å². The van der Waals surface area contributed by atoms with Crippen molar-refractivity contribution in [2.75, 3.05) is 0 Å². The van der Waals surface area contributed by atoms with Gasteiger partial charge in [-0.2, -0.15) is 4.80 Å². The molecule has 0 N–H and O–H groups in total. The summed E-state index contributed by atoms with van der Waals surface area (Å²) in [7, 11) is 0. The summed E-state index contributed by atoms with van der Waals surface area (Å²) in [5.74, 6) is 0.204. The first-order valence-electron chi connectivity index (χ1n) is 5.99. The maximum absolute atomic E-state index is 12.9. The highest BCUT2D eigenvalue weighted by atomic mass is 79.9. The Hall–Kier alpha value is -2.08. The van der Waals surface area contributed by atoms with E-state index in [2.05, 4.69) is 31.3 Å². The highest BCUT2D eigenvalue weighted by Gasteiger charge is 2.06. The Morgan fingerprint density at radius 2 is 1.90 bits per heavy atom. The molecule has 0 radical (unpaired) electrons. The zero-order valence-electron chi connectivity index (χ0n) is 10.4. The molecular formula is C14H10BrFN4. The van der Waals surface area contributed by atoms with Crippen molar-refractivity contribution in [3.8, 4) is 11.4 Å². The van der Waals surface area contributed by atoms with Crippen LogP contribution < -0.4 is 0 Å². The summed E-state index contributed by atoms with van der Waals surface area (Å²) < 4.78 is 13.9. The van der Waals surface area contributed by atoms with Crippen LogP contribution in [0.5, 0.6) is 0 Å². The van der Waals surface area contributed by atoms with Gasteiger partial charge in [0.1, 0.15) is 5.82 Å². The fraction of sp³-hybridized carbons (Fsp3) is 0.0714. The fourth-order valence-corrected chi connectivity index (χ4v) is 2.27. The first-order chi connectivity index (χ1) is 9.70. The van der Waals surface area contributed by atoms with Gasteiger partial charge in [0.05, 0.1) is 6.54 Å². The third-order valence-corrected chi connectivity index (χ3v) is 3.26. The molecule has 0 fully saturated rings. The monoisotopic (exact) mass is 332 g/mol. The minimum absolute atomic E-state index is 0.282. The van der Waals surface area contributed by atoms with Gasteiger partial charge >= 0.3 is 0 Å². The summed E-state index contributed by atoms with van der Waals surface area (Å²) in [6, 6.07) is 13.9. The van der Waals surface area contributed by atoms with E-state index in [9.17, 15) is 4.39 Å². The van der Waals surface area contributed by atoms with Crippen LogP contribution >= 0.6 is 15.9 Å². The van der Waals surface area contributed by atoms with Gasteiger partial charge in [-0.25, -0.2) is 4.39 Å². The van der Waals surface area contributed by atoms with Crippen LogP contribution in [0.1, 0.15) is 5.56 Å². The van der Waals surface area contributed by atoms with Crippen LogP contribution in [0.4, 0.5) is 4.39 Å². The highest BCUT2D eigenvalue weighted by molar-refractivity contribution is 9.10. The number of tetrazole rings is 1. The van der Waals surface area contributed by atoms with Crippen LogP contribution in [0.3, 0.4) is 0 Å². The maximum Gasteiger partial charge on any atom is 0.204 e. The van der Waals surface area contributed by atoms with Crippen LogP contribution in [0, 0.1) is 5.82 Å². The van der Waals surface area contributed by atoms with Crippen LogP contribution in [0.2, 0.25) is 0 Å². The van der Waals surface area contributed by atoms with Crippen molar-refractivity contribution in [3.63, 3.8) is 0 Å². The third kappa shape index (κ3) is 2.91. The molecule has 0 aliphatic heterocycles. The summed E-state index contributed by atoms with van der Waals surface area (Å²) in [4.78, 5) is 1.51. The van der Waals surface area contributed by atoms with E-state index in [4.69, 9.17) is 0 Å². The standard InChI is InChI=1S/C14H10BrFN4/c15-12-3-1-2-10(8-12)9-20-18-14(17-19-20)11-4-6-13(16)7-5-11/h1-8H,9H2. The van der Waals surface area contributed by atoms with Gasteiger partial charge in [-0.05, 0) is 47.2 Å². The number of aromatic nitrogens is 4. The van der Waals surface area contributed by atoms with Crippen molar-refractivity contribution in [2.24, 2.45) is 0 Å². The number of hydrogen-bond donors (Lipinski definition) is 0. The largest absolute Gasteiger partial charge is 0.207 e. The summed E-state index contributed by atoms with van der Waals surface area (Å²) >= 11 is 3.42. The summed E-state index contributed by atoms with van der Waals surface area (Å²) in [6.07, 6.45) is 0. The Labute approximate surface area is 123 Å². The van der Waals surface area contributed by atoms with E-state index in [-0.39, 0.29) is 5.82 Å². The van der Waals surface area contributed by atoms with Gasteiger partial charge in [0.2, 0.25) is 5.82 Å².